The van der Waals surface area contributed by atoms with Gasteiger partial charge in [-0.05, 0) is 12.1 Å². The zero-order valence-electron chi connectivity index (χ0n) is 10.4. The molecule has 0 saturated heterocycles. The first-order chi connectivity index (χ1) is 9.65. The minimum absolute atomic E-state index is 0.153. The molecule has 1 aliphatic rings. The summed E-state index contributed by atoms with van der Waals surface area (Å²) in [6.45, 7) is 0.354. The number of fused-ring (bicyclic) bond motifs is 1. The smallest absolute Gasteiger partial charge is 0.292 e. The summed E-state index contributed by atoms with van der Waals surface area (Å²) >= 11 is 0. The van der Waals surface area contributed by atoms with E-state index in [0.717, 1.165) is 29.5 Å². The Morgan fingerprint density at radius 1 is 1.30 bits per heavy atom. The van der Waals surface area contributed by atoms with Gasteiger partial charge in [0.05, 0.1) is 11.0 Å². The first-order valence-electron chi connectivity index (χ1n) is 6.07. The van der Waals surface area contributed by atoms with Crippen LogP contribution in [-0.2, 0) is 0 Å². The highest BCUT2D eigenvalue weighted by Crippen LogP contribution is 2.36. The van der Waals surface area contributed by atoms with E-state index in [1.807, 2.05) is 24.3 Å². The summed E-state index contributed by atoms with van der Waals surface area (Å²) in [4.78, 5) is 10.4. The Morgan fingerprint density at radius 2 is 2.10 bits per heavy atom. The summed E-state index contributed by atoms with van der Waals surface area (Å²) in [5.41, 5.74) is 0.905. The molecule has 0 aromatic heterocycles. The molecule has 6 heteroatoms. The molecule has 0 bridgehead atoms. The Kier molecular flexibility index (Phi) is 2.98. The van der Waals surface area contributed by atoms with Gasteiger partial charge in [-0.2, -0.15) is 0 Å². The first-order valence-corrected chi connectivity index (χ1v) is 6.07. The number of nitro benzene ring substituents is 1. The Balaban J connectivity index is 1.93. The lowest BCUT2D eigenvalue weighted by Crippen LogP contribution is -2.13. The number of nitrogens with zero attached hydrogens (tertiary/aromatic N) is 1. The standard InChI is InChI=1S/C14H11FN2O3/c15-9-5-6-13(17(18)19)11(7-9)16-12-8-20-14-4-2-1-3-10(12)14/h1-7,12,16H,8H2. The molecule has 1 N–H and O–H groups in total. The van der Waals surface area contributed by atoms with Gasteiger partial charge < -0.3 is 10.1 Å². The average molecular weight is 274 g/mol. The van der Waals surface area contributed by atoms with Crippen molar-refractivity contribution in [2.45, 2.75) is 6.04 Å². The van der Waals surface area contributed by atoms with E-state index < -0.39 is 10.7 Å². The molecule has 1 aliphatic heterocycles. The maximum Gasteiger partial charge on any atom is 0.292 e. The number of benzene rings is 2. The van der Waals surface area contributed by atoms with Gasteiger partial charge in [-0.1, -0.05) is 18.2 Å². The van der Waals surface area contributed by atoms with Crippen LogP contribution in [0.2, 0.25) is 0 Å². The van der Waals surface area contributed by atoms with Crippen molar-refractivity contribution in [2.24, 2.45) is 0 Å². The lowest BCUT2D eigenvalue weighted by atomic mass is 10.1. The fourth-order valence-corrected chi connectivity index (χ4v) is 2.25. The van der Waals surface area contributed by atoms with Crippen molar-refractivity contribution in [3.63, 3.8) is 0 Å². The number of halogens is 1. The van der Waals surface area contributed by atoms with E-state index in [1.165, 1.54) is 0 Å². The van der Waals surface area contributed by atoms with Crippen molar-refractivity contribution < 1.29 is 14.1 Å². The number of ether oxygens (including phenoxy) is 1. The number of anilines is 1. The summed E-state index contributed by atoms with van der Waals surface area (Å²) in [6, 6.07) is 10.5. The van der Waals surface area contributed by atoms with E-state index in [-0.39, 0.29) is 17.4 Å². The Bertz CT molecular complexity index is 675. The number of hydrogen-bond donors (Lipinski definition) is 1. The lowest BCUT2D eigenvalue weighted by Gasteiger charge is -2.13. The molecule has 1 heterocycles. The van der Waals surface area contributed by atoms with Crippen molar-refractivity contribution in [1.29, 1.82) is 0 Å². The summed E-state index contributed by atoms with van der Waals surface area (Å²) in [5.74, 6) is 0.217. The summed E-state index contributed by atoms with van der Waals surface area (Å²) in [7, 11) is 0. The van der Waals surface area contributed by atoms with Crippen LogP contribution in [0.4, 0.5) is 15.8 Å². The number of nitrogens with one attached hydrogen (secondary N) is 1. The monoisotopic (exact) mass is 274 g/mol. The third kappa shape index (κ3) is 2.16. The zero-order chi connectivity index (χ0) is 14.1. The van der Waals surface area contributed by atoms with Crippen LogP contribution in [0.15, 0.2) is 42.5 Å². The van der Waals surface area contributed by atoms with Crippen LogP contribution in [0, 0.1) is 15.9 Å². The summed E-state index contributed by atoms with van der Waals surface area (Å²) < 4.78 is 18.8. The first kappa shape index (κ1) is 12.4. The van der Waals surface area contributed by atoms with Crippen LogP contribution >= 0.6 is 0 Å². The predicted molar refractivity (Wildman–Crippen MR) is 71.4 cm³/mol. The lowest BCUT2D eigenvalue weighted by molar-refractivity contribution is -0.384. The van der Waals surface area contributed by atoms with E-state index in [1.54, 1.807) is 0 Å². The van der Waals surface area contributed by atoms with Gasteiger partial charge in [0.25, 0.3) is 5.69 Å². The van der Waals surface area contributed by atoms with Crippen molar-refractivity contribution in [3.8, 4) is 5.75 Å². The number of nitro groups is 1. The van der Waals surface area contributed by atoms with Crippen molar-refractivity contribution >= 4 is 11.4 Å². The molecule has 20 heavy (non-hydrogen) atoms. The largest absolute Gasteiger partial charge is 0.491 e. The van der Waals surface area contributed by atoms with Crippen LogP contribution < -0.4 is 10.1 Å². The SMILES string of the molecule is O=[N+]([O-])c1ccc(F)cc1NC1COc2ccccc21. The molecule has 0 radical (unpaired) electrons. The molecule has 2 aromatic rings. The van der Waals surface area contributed by atoms with Gasteiger partial charge in [-0.3, -0.25) is 10.1 Å². The van der Waals surface area contributed by atoms with E-state index in [0.29, 0.717) is 6.61 Å². The molecule has 0 fully saturated rings. The second-order valence-electron chi connectivity index (χ2n) is 4.46. The zero-order valence-corrected chi connectivity index (χ0v) is 10.4. The van der Waals surface area contributed by atoms with Gasteiger partial charge in [0.15, 0.2) is 0 Å². The molecular formula is C14H11FN2O3. The van der Waals surface area contributed by atoms with Crippen LogP contribution in [0.25, 0.3) is 0 Å². The molecule has 102 valence electrons. The molecule has 5 nitrogen and oxygen atoms in total. The van der Waals surface area contributed by atoms with Crippen LogP contribution in [0.5, 0.6) is 5.75 Å². The summed E-state index contributed by atoms with van der Waals surface area (Å²) in [5, 5.41) is 13.9. The molecular weight excluding hydrogens is 263 g/mol. The molecule has 1 atom stereocenters. The van der Waals surface area contributed by atoms with Gasteiger partial charge in [0, 0.05) is 17.7 Å². The Labute approximate surface area is 114 Å². The van der Waals surface area contributed by atoms with E-state index in [9.17, 15) is 14.5 Å². The molecule has 2 aromatic carbocycles. The van der Waals surface area contributed by atoms with Crippen molar-refractivity contribution in [2.75, 3.05) is 11.9 Å². The molecule has 0 spiro atoms. The number of hydrogen-bond acceptors (Lipinski definition) is 4. The van der Waals surface area contributed by atoms with Crippen molar-refractivity contribution in [3.05, 3.63) is 64.0 Å². The fourth-order valence-electron chi connectivity index (χ4n) is 2.25. The van der Waals surface area contributed by atoms with E-state index >= 15 is 0 Å². The molecule has 3 rings (SSSR count). The molecule has 1 unspecified atom stereocenters. The van der Waals surface area contributed by atoms with Gasteiger partial charge in [-0.15, -0.1) is 0 Å². The maximum atomic E-state index is 13.3. The highest BCUT2D eigenvalue weighted by molar-refractivity contribution is 5.63. The third-order valence-electron chi connectivity index (χ3n) is 3.18. The second-order valence-corrected chi connectivity index (χ2v) is 4.46. The highest BCUT2D eigenvalue weighted by atomic mass is 19.1. The summed E-state index contributed by atoms with van der Waals surface area (Å²) in [6.07, 6.45) is 0. The quantitative estimate of drug-likeness (QED) is 0.689. The molecule has 0 amide bonds. The van der Waals surface area contributed by atoms with Crippen LogP contribution in [0.3, 0.4) is 0 Å². The maximum absolute atomic E-state index is 13.3. The van der Waals surface area contributed by atoms with Gasteiger partial charge >= 0.3 is 0 Å². The minimum Gasteiger partial charge on any atom is -0.491 e. The fraction of sp³-hybridized carbons (Fsp3) is 0.143. The second kappa shape index (κ2) is 4.80. The van der Waals surface area contributed by atoms with Gasteiger partial charge in [-0.25, -0.2) is 4.39 Å². The van der Waals surface area contributed by atoms with E-state index in [4.69, 9.17) is 4.74 Å². The van der Waals surface area contributed by atoms with Gasteiger partial charge in [0.2, 0.25) is 0 Å². The average Bonchev–Trinajstić information content (AvgIpc) is 2.82. The minimum atomic E-state index is -0.538. The van der Waals surface area contributed by atoms with Crippen LogP contribution in [-0.4, -0.2) is 11.5 Å². The highest BCUT2D eigenvalue weighted by Gasteiger charge is 2.26. The number of para-hydroxylation sites is 1. The Hall–Kier alpha value is -2.63. The molecule has 0 saturated carbocycles. The van der Waals surface area contributed by atoms with Crippen LogP contribution in [0.1, 0.15) is 11.6 Å². The topological polar surface area (TPSA) is 64.4 Å². The van der Waals surface area contributed by atoms with E-state index in [2.05, 4.69) is 5.32 Å². The third-order valence-corrected chi connectivity index (χ3v) is 3.18. The Morgan fingerprint density at radius 3 is 2.90 bits per heavy atom. The predicted octanol–water partition coefficient (Wildman–Crippen LogP) is 3.28. The molecule has 0 aliphatic carbocycles. The number of rotatable bonds is 3. The van der Waals surface area contributed by atoms with Gasteiger partial charge in [0.1, 0.15) is 23.9 Å². The van der Waals surface area contributed by atoms with Crippen molar-refractivity contribution in [1.82, 2.24) is 0 Å². The normalized spacial score (nSPS) is 16.4.